The molecule has 25 heavy (non-hydrogen) atoms. The Labute approximate surface area is 148 Å². The molecule has 132 valence electrons. The molecule has 0 saturated carbocycles. The van der Waals surface area contributed by atoms with Gasteiger partial charge in [0, 0.05) is 12.6 Å². The fourth-order valence-electron chi connectivity index (χ4n) is 3.15. The molecule has 0 atom stereocenters. The molecule has 2 aromatic rings. The first-order chi connectivity index (χ1) is 11.9. The zero-order valence-corrected chi connectivity index (χ0v) is 15.2. The number of aryl methyl sites for hydroxylation is 2. The third kappa shape index (κ3) is 3.85. The summed E-state index contributed by atoms with van der Waals surface area (Å²) in [7, 11) is -3.68. The highest BCUT2D eigenvalue weighted by Crippen LogP contribution is 2.28. The van der Waals surface area contributed by atoms with E-state index in [4.69, 9.17) is 0 Å². The Morgan fingerprint density at radius 3 is 2.40 bits per heavy atom. The smallest absolute Gasteiger partial charge is 0.261 e. The monoisotopic (exact) mass is 358 g/mol. The van der Waals surface area contributed by atoms with Crippen LogP contribution in [0, 0.1) is 6.92 Å². The van der Waals surface area contributed by atoms with Gasteiger partial charge in [-0.05, 0) is 73.6 Å². The van der Waals surface area contributed by atoms with Gasteiger partial charge in [0.25, 0.3) is 10.0 Å². The van der Waals surface area contributed by atoms with Crippen molar-refractivity contribution in [3.8, 4) is 0 Å². The molecule has 1 aliphatic carbocycles. The first-order valence-corrected chi connectivity index (χ1v) is 9.87. The number of sulfonamides is 1. The molecule has 0 fully saturated rings. The average Bonchev–Trinajstić information content (AvgIpc) is 2.57. The summed E-state index contributed by atoms with van der Waals surface area (Å²) in [6, 6.07) is 10.5. The molecule has 5 nitrogen and oxygen atoms in total. The number of rotatable bonds is 4. The van der Waals surface area contributed by atoms with Crippen LogP contribution in [0.2, 0.25) is 0 Å². The van der Waals surface area contributed by atoms with Gasteiger partial charge in [-0.1, -0.05) is 12.1 Å². The standard InChI is InChI=1S/C19H22N2O3S/c1-13-18(20-14(2)22)8-5-9-19(13)21-25(23,24)17-11-10-15-6-3-4-7-16(15)12-17/h5,8-12,21H,3-4,6-7H2,1-2H3,(H,20,22). The van der Waals surface area contributed by atoms with Crippen molar-refractivity contribution in [1.82, 2.24) is 0 Å². The van der Waals surface area contributed by atoms with Crippen molar-refractivity contribution < 1.29 is 13.2 Å². The van der Waals surface area contributed by atoms with Gasteiger partial charge in [0.05, 0.1) is 10.6 Å². The van der Waals surface area contributed by atoms with E-state index < -0.39 is 10.0 Å². The predicted molar refractivity (Wildman–Crippen MR) is 99.4 cm³/mol. The molecule has 6 heteroatoms. The number of carbonyl (C=O) groups excluding carboxylic acids is 1. The Morgan fingerprint density at radius 1 is 1.00 bits per heavy atom. The molecule has 1 aliphatic rings. The van der Waals surface area contributed by atoms with Gasteiger partial charge in [0.15, 0.2) is 0 Å². The number of nitrogens with one attached hydrogen (secondary N) is 2. The highest BCUT2D eigenvalue weighted by molar-refractivity contribution is 7.92. The van der Waals surface area contributed by atoms with Crippen LogP contribution in [0.1, 0.15) is 36.5 Å². The minimum absolute atomic E-state index is 0.196. The van der Waals surface area contributed by atoms with Crippen molar-refractivity contribution in [3.63, 3.8) is 0 Å². The number of benzene rings is 2. The summed E-state index contributed by atoms with van der Waals surface area (Å²) in [5, 5.41) is 2.71. The summed E-state index contributed by atoms with van der Waals surface area (Å²) in [5.41, 5.74) is 4.10. The highest BCUT2D eigenvalue weighted by Gasteiger charge is 2.19. The lowest BCUT2D eigenvalue weighted by Gasteiger charge is -2.18. The van der Waals surface area contributed by atoms with Crippen molar-refractivity contribution in [2.24, 2.45) is 0 Å². The maximum atomic E-state index is 12.8. The summed E-state index contributed by atoms with van der Waals surface area (Å²) >= 11 is 0. The molecule has 3 rings (SSSR count). The third-order valence-electron chi connectivity index (χ3n) is 4.52. The first kappa shape index (κ1) is 17.5. The Hall–Kier alpha value is -2.34. The first-order valence-electron chi connectivity index (χ1n) is 8.38. The van der Waals surface area contributed by atoms with E-state index in [1.807, 2.05) is 6.07 Å². The van der Waals surface area contributed by atoms with E-state index in [1.165, 1.54) is 12.5 Å². The topological polar surface area (TPSA) is 75.3 Å². The molecule has 0 spiro atoms. The number of fused-ring (bicyclic) bond motifs is 1. The van der Waals surface area contributed by atoms with Crippen molar-refractivity contribution in [2.45, 2.75) is 44.4 Å². The molecule has 0 saturated heterocycles. The van der Waals surface area contributed by atoms with Crippen LogP contribution in [0.25, 0.3) is 0 Å². The van der Waals surface area contributed by atoms with Crippen LogP contribution in [0.15, 0.2) is 41.3 Å². The average molecular weight is 358 g/mol. The summed E-state index contributed by atoms with van der Waals surface area (Å²) < 4.78 is 28.2. The fourth-order valence-corrected chi connectivity index (χ4v) is 4.33. The van der Waals surface area contributed by atoms with Crippen LogP contribution in [0.3, 0.4) is 0 Å². The van der Waals surface area contributed by atoms with Crippen molar-refractivity contribution in [3.05, 3.63) is 53.1 Å². The summed E-state index contributed by atoms with van der Waals surface area (Å²) in [4.78, 5) is 11.5. The number of carbonyl (C=O) groups is 1. The van der Waals surface area contributed by atoms with Gasteiger partial charge >= 0.3 is 0 Å². The summed E-state index contributed by atoms with van der Waals surface area (Å²) in [6.07, 6.45) is 4.20. The van der Waals surface area contributed by atoms with E-state index in [2.05, 4.69) is 10.0 Å². The molecule has 0 unspecified atom stereocenters. The van der Waals surface area contributed by atoms with E-state index in [0.717, 1.165) is 31.2 Å². The van der Waals surface area contributed by atoms with E-state index in [9.17, 15) is 13.2 Å². The van der Waals surface area contributed by atoms with Gasteiger partial charge in [-0.3, -0.25) is 9.52 Å². The van der Waals surface area contributed by atoms with E-state index in [-0.39, 0.29) is 10.8 Å². The van der Waals surface area contributed by atoms with Gasteiger partial charge in [-0.2, -0.15) is 0 Å². The van der Waals surface area contributed by atoms with Crippen LogP contribution < -0.4 is 10.0 Å². The summed E-state index contributed by atoms with van der Waals surface area (Å²) in [5.74, 6) is -0.196. The highest BCUT2D eigenvalue weighted by atomic mass is 32.2. The lowest BCUT2D eigenvalue weighted by Crippen LogP contribution is -2.16. The Kier molecular flexibility index (Phi) is 4.81. The molecule has 0 aliphatic heterocycles. The van der Waals surface area contributed by atoms with Crippen LogP contribution in [-0.4, -0.2) is 14.3 Å². The lowest BCUT2D eigenvalue weighted by molar-refractivity contribution is -0.114. The maximum absolute atomic E-state index is 12.8. The van der Waals surface area contributed by atoms with Gasteiger partial charge in [-0.15, -0.1) is 0 Å². The molecule has 0 aromatic heterocycles. The number of hydrogen-bond donors (Lipinski definition) is 2. The lowest BCUT2D eigenvalue weighted by atomic mass is 9.92. The molecule has 2 aromatic carbocycles. The molecular formula is C19H22N2O3S. The quantitative estimate of drug-likeness (QED) is 0.876. The Morgan fingerprint density at radius 2 is 1.68 bits per heavy atom. The van der Waals surface area contributed by atoms with Crippen LogP contribution in [0.4, 0.5) is 11.4 Å². The minimum Gasteiger partial charge on any atom is -0.326 e. The number of anilines is 2. The van der Waals surface area contributed by atoms with Gasteiger partial charge in [0.1, 0.15) is 0 Å². The fraction of sp³-hybridized carbons (Fsp3) is 0.316. The van der Waals surface area contributed by atoms with Crippen molar-refractivity contribution >= 4 is 27.3 Å². The van der Waals surface area contributed by atoms with Crippen LogP contribution in [0.5, 0.6) is 0 Å². The SMILES string of the molecule is CC(=O)Nc1cccc(NS(=O)(=O)c2ccc3c(c2)CCCC3)c1C. The van der Waals surface area contributed by atoms with Crippen LogP contribution >= 0.6 is 0 Å². The molecule has 2 N–H and O–H groups in total. The van der Waals surface area contributed by atoms with Crippen molar-refractivity contribution in [1.29, 1.82) is 0 Å². The van der Waals surface area contributed by atoms with Crippen molar-refractivity contribution in [2.75, 3.05) is 10.0 Å². The molecule has 0 heterocycles. The van der Waals surface area contributed by atoms with Gasteiger partial charge in [0.2, 0.25) is 5.91 Å². The second kappa shape index (κ2) is 6.88. The zero-order valence-electron chi connectivity index (χ0n) is 14.4. The zero-order chi connectivity index (χ0) is 18.0. The second-order valence-corrected chi connectivity index (χ2v) is 8.08. The van der Waals surface area contributed by atoms with Gasteiger partial charge < -0.3 is 5.32 Å². The Balaban J connectivity index is 1.90. The van der Waals surface area contributed by atoms with E-state index >= 15 is 0 Å². The third-order valence-corrected chi connectivity index (χ3v) is 5.88. The largest absolute Gasteiger partial charge is 0.326 e. The Bertz CT molecular complexity index is 920. The number of hydrogen-bond acceptors (Lipinski definition) is 3. The minimum atomic E-state index is -3.68. The van der Waals surface area contributed by atoms with E-state index in [0.29, 0.717) is 16.9 Å². The van der Waals surface area contributed by atoms with Gasteiger partial charge in [-0.25, -0.2) is 8.42 Å². The normalized spacial score (nSPS) is 13.8. The maximum Gasteiger partial charge on any atom is 0.261 e. The molecular weight excluding hydrogens is 336 g/mol. The number of amides is 1. The molecule has 0 radical (unpaired) electrons. The van der Waals surface area contributed by atoms with E-state index in [1.54, 1.807) is 37.3 Å². The predicted octanol–water partition coefficient (Wildman–Crippen LogP) is 3.63. The molecule has 0 bridgehead atoms. The van der Waals surface area contributed by atoms with Crippen LogP contribution in [-0.2, 0) is 27.7 Å². The second-order valence-electron chi connectivity index (χ2n) is 6.40. The molecule has 1 amide bonds. The summed E-state index contributed by atoms with van der Waals surface area (Å²) in [6.45, 7) is 3.19.